The van der Waals surface area contributed by atoms with Gasteiger partial charge in [0, 0.05) is 21.2 Å². The van der Waals surface area contributed by atoms with E-state index in [1.807, 2.05) is 48.5 Å². The zero-order chi connectivity index (χ0) is 15.5. The molecule has 3 heteroatoms. The molecule has 0 fully saturated rings. The molecule has 0 saturated heterocycles. The third-order valence-electron chi connectivity index (χ3n) is 3.43. The van der Waals surface area contributed by atoms with Crippen LogP contribution >= 0.6 is 23.2 Å². The summed E-state index contributed by atoms with van der Waals surface area (Å²) in [5.41, 5.74) is 3.12. The van der Waals surface area contributed by atoms with E-state index in [0.29, 0.717) is 21.2 Å². The van der Waals surface area contributed by atoms with Crippen molar-refractivity contribution in [3.63, 3.8) is 0 Å². The molecule has 3 rings (SSSR count). The van der Waals surface area contributed by atoms with Gasteiger partial charge in [0.05, 0.1) is 0 Å². The molecule has 0 heterocycles. The van der Waals surface area contributed by atoms with E-state index in [1.165, 1.54) is 0 Å². The van der Waals surface area contributed by atoms with Crippen LogP contribution < -0.4 is 0 Å². The monoisotopic (exact) mass is 326 g/mol. The van der Waals surface area contributed by atoms with Crippen LogP contribution in [0.4, 0.5) is 0 Å². The quantitative estimate of drug-likeness (QED) is 0.548. The van der Waals surface area contributed by atoms with Crippen LogP contribution in [-0.4, -0.2) is 5.78 Å². The van der Waals surface area contributed by atoms with Gasteiger partial charge in [0.2, 0.25) is 0 Å². The lowest BCUT2D eigenvalue weighted by molar-refractivity contribution is 0.103. The molecule has 0 spiro atoms. The normalized spacial score (nSPS) is 10.5. The SMILES string of the molecule is O=C(c1ccc(Cl)cc1)c1ccccc1-c1ccc(Cl)cc1. The summed E-state index contributed by atoms with van der Waals surface area (Å²) in [4.78, 5) is 12.7. The highest BCUT2D eigenvalue weighted by molar-refractivity contribution is 6.31. The van der Waals surface area contributed by atoms with Crippen molar-refractivity contribution >= 4 is 29.0 Å². The predicted molar refractivity (Wildman–Crippen MR) is 91.8 cm³/mol. The molecule has 0 radical (unpaired) electrons. The summed E-state index contributed by atoms with van der Waals surface area (Å²) >= 11 is 11.8. The van der Waals surface area contributed by atoms with Gasteiger partial charge in [-0.2, -0.15) is 0 Å². The number of carbonyl (C=O) groups is 1. The Morgan fingerprint density at radius 1 is 0.682 bits per heavy atom. The smallest absolute Gasteiger partial charge is 0.193 e. The molecule has 0 bridgehead atoms. The van der Waals surface area contributed by atoms with Crippen LogP contribution in [-0.2, 0) is 0 Å². The van der Waals surface area contributed by atoms with E-state index < -0.39 is 0 Å². The molecule has 0 unspecified atom stereocenters. The van der Waals surface area contributed by atoms with E-state index in [4.69, 9.17) is 23.2 Å². The minimum absolute atomic E-state index is 0.0257. The summed E-state index contributed by atoms with van der Waals surface area (Å²) in [6.07, 6.45) is 0. The van der Waals surface area contributed by atoms with E-state index >= 15 is 0 Å². The number of benzene rings is 3. The molecular weight excluding hydrogens is 315 g/mol. The third-order valence-corrected chi connectivity index (χ3v) is 3.94. The molecular formula is C19H12Cl2O. The molecule has 3 aromatic carbocycles. The molecule has 0 aromatic heterocycles. The zero-order valence-electron chi connectivity index (χ0n) is 11.6. The molecule has 0 N–H and O–H groups in total. The fourth-order valence-electron chi connectivity index (χ4n) is 2.32. The van der Waals surface area contributed by atoms with Crippen LogP contribution in [0.5, 0.6) is 0 Å². The van der Waals surface area contributed by atoms with E-state index in [2.05, 4.69) is 0 Å². The second-order valence-corrected chi connectivity index (χ2v) is 5.76. The first kappa shape index (κ1) is 14.8. The van der Waals surface area contributed by atoms with Gasteiger partial charge in [-0.15, -0.1) is 0 Å². The molecule has 0 saturated carbocycles. The Labute approximate surface area is 139 Å². The minimum atomic E-state index is -0.0257. The van der Waals surface area contributed by atoms with Gasteiger partial charge in [-0.3, -0.25) is 4.79 Å². The van der Waals surface area contributed by atoms with Crippen molar-refractivity contribution in [1.82, 2.24) is 0 Å². The maximum absolute atomic E-state index is 12.7. The van der Waals surface area contributed by atoms with E-state index in [0.717, 1.165) is 11.1 Å². The number of halogens is 2. The highest BCUT2D eigenvalue weighted by Gasteiger charge is 2.14. The molecule has 0 atom stereocenters. The highest BCUT2D eigenvalue weighted by Crippen LogP contribution is 2.27. The third kappa shape index (κ3) is 3.06. The average Bonchev–Trinajstić information content (AvgIpc) is 2.56. The summed E-state index contributed by atoms with van der Waals surface area (Å²) < 4.78 is 0. The summed E-state index contributed by atoms with van der Waals surface area (Å²) in [6.45, 7) is 0. The van der Waals surface area contributed by atoms with Crippen LogP contribution in [0.1, 0.15) is 15.9 Å². The van der Waals surface area contributed by atoms with Crippen molar-refractivity contribution in [1.29, 1.82) is 0 Å². The van der Waals surface area contributed by atoms with Crippen LogP contribution in [0.2, 0.25) is 10.0 Å². The maximum Gasteiger partial charge on any atom is 0.193 e. The van der Waals surface area contributed by atoms with Crippen LogP contribution in [0.25, 0.3) is 11.1 Å². The first-order valence-electron chi connectivity index (χ1n) is 6.80. The molecule has 0 aliphatic carbocycles. The second kappa shape index (κ2) is 6.35. The molecule has 0 aliphatic heterocycles. The minimum Gasteiger partial charge on any atom is -0.289 e. The van der Waals surface area contributed by atoms with E-state index in [9.17, 15) is 4.79 Å². The van der Waals surface area contributed by atoms with Crippen molar-refractivity contribution in [2.24, 2.45) is 0 Å². The Hall–Kier alpha value is -2.09. The lowest BCUT2D eigenvalue weighted by Crippen LogP contribution is -2.03. The molecule has 0 amide bonds. The largest absolute Gasteiger partial charge is 0.289 e. The molecule has 108 valence electrons. The van der Waals surface area contributed by atoms with Crippen LogP contribution in [0.3, 0.4) is 0 Å². The van der Waals surface area contributed by atoms with Gasteiger partial charge in [0.1, 0.15) is 0 Å². The van der Waals surface area contributed by atoms with Gasteiger partial charge in [0.15, 0.2) is 5.78 Å². The Morgan fingerprint density at radius 3 is 1.86 bits per heavy atom. The Morgan fingerprint density at radius 2 is 1.23 bits per heavy atom. The Bertz CT molecular complexity index is 806. The van der Waals surface area contributed by atoms with Gasteiger partial charge in [-0.1, -0.05) is 59.6 Å². The highest BCUT2D eigenvalue weighted by atomic mass is 35.5. The standard InChI is InChI=1S/C19H12Cl2O/c20-15-9-5-13(6-10-15)17-3-1-2-4-18(17)19(22)14-7-11-16(21)12-8-14/h1-12H. The fraction of sp³-hybridized carbons (Fsp3) is 0. The zero-order valence-corrected chi connectivity index (χ0v) is 13.1. The first-order valence-corrected chi connectivity index (χ1v) is 7.56. The lowest BCUT2D eigenvalue weighted by atomic mass is 9.94. The summed E-state index contributed by atoms with van der Waals surface area (Å²) in [5, 5.41) is 1.28. The predicted octanol–water partition coefficient (Wildman–Crippen LogP) is 5.89. The lowest BCUT2D eigenvalue weighted by Gasteiger charge is -2.09. The molecule has 22 heavy (non-hydrogen) atoms. The summed E-state index contributed by atoms with van der Waals surface area (Å²) in [6, 6.07) is 21.9. The fourth-order valence-corrected chi connectivity index (χ4v) is 2.57. The Kier molecular flexibility index (Phi) is 4.28. The maximum atomic E-state index is 12.7. The topological polar surface area (TPSA) is 17.1 Å². The molecule has 3 aromatic rings. The van der Waals surface area contributed by atoms with Crippen molar-refractivity contribution in [2.75, 3.05) is 0 Å². The number of hydrogen-bond donors (Lipinski definition) is 0. The van der Waals surface area contributed by atoms with Gasteiger partial charge in [-0.25, -0.2) is 0 Å². The summed E-state index contributed by atoms with van der Waals surface area (Å²) in [7, 11) is 0. The van der Waals surface area contributed by atoms with Crippen LogP contribution in [0, 0.1) is 0 Å². The van der Waals surface area contributed by atoms with Gasteiger partial charge in [0.25, 0.3) is 0 Å². The van der Waals surface area contributed by atoms with Crippen molar-refractivity contribution in [3.8, 4) is 11.1 Å². The van der Waals surface area contributed by atoms with Gasteiger partial charge in [-0.05, 0) is 47.5 Å². The second-order valence-electron chi connectivity index (χ2n) is 4.89. The van der Waals surface area contributed by atoms with Crippen LogP contribution in [0.15, 0.2) is 72.8 Å². The first-order chi connectivity index (χ1) is 10.6. The molecule has 0 aliphatic rings. The van der Waals surface area contributed by atoms with E-state index in [-0.39, 0.29) is 5.78 Å². The van der Waals surface area contributed by atoms with Crippen molar-refractivity contribution in [3.05, 3.63) is 94.0 Å². The number of rotatable bonds is 3. The Balaban J connectivity index is 2.06. The van der Waals surface area contributed by atoms with E-state index in [1.54, 1.807) is 24.3 Å². The molecule has 1 nitrogen and oxygen atoms in total. The summed E-state index contributed by atoms with van der Waals surface area (Å²) in [5.74, 6) is -0.0257. The number of hydrogen-bond acceptors (Lipinski definition) is 1. The van der Waals surface area contributed by atoms with Gasteiger partial charge < -0.3 is 0 Å². The van der Waals surface area contributed by atoms with Gasteiger partial charge >= 0.3 is 0 Å². The van der Waals surface area contributed by atoms with Crippen molar-refractivity contribution < 1.29 is 4.79 Å². The van der Waals surface area contributed by atoms with Crippen molar-refractivity contribution in [2.45, 2.75) is 0 Å². The number of ketones is 1. The average molecular weight is 327 g/mol. The number of carbonyl (C=O) groups excluding carboxylic acids is 1.